The van der Waals surface area contributed by atoms with Crippen LogP contribution in [0.2, 0.25) is 0 Å². The Morgan fingerprint density at radius 1 is 1.80 bits per heavy atom. The van der Waals surface area contributed by atoms with Gasteiger partial charge < -0.3 is 5.11 Å². The highest BCUT2D eigenvalue weighted by Gasteiger charge is 2.04. The van der Waals surface area contributed by atoms with Gasteiger partial charge in [0.05, 0.1) is 0 Å². The topological polar surface area (TPSA) is 37.3 Å². The summed E-state index contributed by atoms with van der Waals surface area (Å²) in [7, 11) is 0. The SMILES string of the molecule is C=C(CCC(C)S)C(=O)O. The molecule has 0 fully saturated rings. The molecule has 1 N–H and O–H groups in total. The Labute approximate surface area is 66.4 Å². The third-order valence-electron chi connectivity index (χ3n) is 1.17. The largest absolute Gasteiger partial charge is 0.478 e. The minimum Gasteiger partial charge on any atom is -0.478 e. The molecule has 0 saturated heterocycles. The first-order valence-electron chi connectivity index (χ1n) is 3.13. The predicted molar refractivity (Wildman–Crippen MR) is 44.5 cm³/mol. The van der Waals surface area contributed by atoms with Gasteiger partial charge in [-0.25, -0.2) is 4.79 Å². The second-order valence-corrected chi connectivity index (χ2v) is 3.18. The lowest BCUT2D eigenvalue weighted by atomic mass is 10.1. The quantitative estimate of drug-likeness (QED) is 0.485. The summed E-state index contributed by atoms with van der Waals surface area (Å²) < 4.78 is 0. The second-order valence-electron chi connectivity index (χ2n) is 2.30. The molecule has 0 heterocycles. The summed E-state index contributed by atoms with van der Waals surface area (Å²) in [6.45, 7) is 5.32. The summed E-state index contributed by atoms with van der Waals surface area (Å²) >= 11 is 4.11. The molecule has 2 nitrogen and oxygen atoms in total. The van der Waals surface area contributed by atoms with Gasteiger partial charge in [-0.05, 0) is 18.1 Å². The smallest absolute Gasteiger partial charge is 0.330 e. The Morgan fingerprint density at radius 3 is 2.60 bits per heavy atom. The van der Waals surface area contributed by atoms with Crippen molar-refractivity contribution in [2.45, 2.75) is 25.0 Å². The molecule has 1 atom stereocenters. The molecule has 0 amide bonds. The van der Waals surface area contributed by atoms with E-state index in [-0.39, 0.29) is 10.8 Å². The number of thiol groups is 1. The molecule has 0 aromatic carbocycles. The fraction of sp³-hybridized carbons (Fsp3) is 0.571. The van der Waals surface area contributed by atoms with Crippen LogP contribution in [0.3, 0.4) is 0 Å². The van der Waals surface area contributed by atoms with Crippen LogP contribution >= 0.6 is 12.6 Å². The summed E-state index contributed by atoms with van der Waals surface area (Å²) in [6.07, 6.45) is 1.30. The van der Waals surface area contributed by atoms with E-state index in [2.05, 4.69) is 19.2 Å². The molecule has 0 spiro atoms. The van der Waals surface area contributed by atoms with Crippen LogP contribution < -0.4 is 0 Å². The highest BCUT2D eigenvalue weighted by molar-refractivity contribution is 7.80. The van der Waals surface area contributed by atoms with E-state index < -0.39 is 5.97 Å². The van der Waals surface area contributed by atoms with Crippen LogP contribution in [-0.4, -0.2) is 16.3 Å². The molecule has 0 bridgehead atoms. The van der Waals surface area contributed by atoms with Gasteiger partial charge in [0.25, 0.3) is 0 Å². The summed E-state index contributed by atoms with van der Waals surface area (Å²) in [5.41, 5.74) is 0.265. The molecule has 0 radical (unpaired) electrons. The minimum absolute atomic E-state index is 0.246. The first-order chi connectivity index (χ1) is 4.54. The number of hydrogen-bond donors (Lipinski definition) is 2. The van der Waals surface area contributed by atoms with E-state index in [9.17, 15) is 4.79 Å². The highest BCUT2D eigenvalue weighted by atomic mass is 32.1. The number of hydrogen-bond acceptors (Lipinski definition) is 2. The van der Waals surface area contributed by atoms with E-state index >= 15 is 0 Å². The molecular weight excluding hydrogens is 148 g/mol. The maximum Gasteiger partial charge on any atom is 0.330 e. The van der Waals surface area contributed by atoms with E-state index in [0.717, 1.165) is 6.42 Å². The van der Waals surface area contributed by atoms with E-state index in [1.54, 1.807) is 0 Å². The molecule has 10 heavy (non-hydrogen) atoms. The Hall–Kier alpha value is -0.440. The minimum atomic E-state index is -0.908. The summed E-state index contributed by atoms with van der Waals surface area (Å²) in [4.78, 5) is 10.2. The molecule has 3 heteroatoms. The first kappa shape index (κ1) is 9.56. The Balaban J connectivity index is 3.50. The summed E-state index contributed by atoms with van der Waals surface area (Å²) in [5.74, 6) is -0.908. The lowest BCUT2D eigenvalue weighted by Gasteiger charge is -2.01. The number of carboxylic acids is 1. The fourth-order valence-electron chi connectivity index (χ4n) is 0.490. The standard InChI is InChI=1S/C7H12O2S/c1-5(7(8)9)3-4-6(2)10/h6,10H,1,3-4H2,2H3,(H,8,9). The second kappa shape index (κ2) is 4.39. The van der Waals surface area contributed by atoms with Gasteiger partial charge in [0.1, 0.15) is 0 Å². The molecule has 0 saturated carbocycles. The number of aliphatic carboxylic acids is 1. The number of rotatable bonds is 4. The van der Waals surface area contributed by atoms with Crippen molar-refractivity contribution >= 4 is 18.6 Å². The molecule has 58 valence electrons. The maximum atomic E-state index is 10.2. The van der Waals surface area contributed by atoms with Gasteiger partial charge >= 0.3 is 5.97 Å². The van der Waals surface area contributed by atoms with Crippen molar-refractivity contribution in [3.63, 3.8) is 0 Å². The maximum absolute atomic E-state index is 10.2. The third kappa shape index (κ3) is 4.44. The lowest BCUT2D eigenvalue weighted by molar-refractivity contribution is -0.132. The zero-order valence-electron chi connectivity index (χ0n) is 6.00. The van der Waals surface area contributed by atoms with Crippen molar-refractivity contribution in [2.24, 2.45) is 0 Å². The van der Waals surface area contributed by atoms with Gasteiger partial charge in [0.15, 0.2) is 0 Å². The molecule has 1 unspecified atom stereocenters. The van der Waals surface area contributed by atoms with Crippen LogP contribution in [0.1, 0.15) is 19.8 Å². The zero-order chi connectivity index (χ0) is 8.15. The lowest BCUT2D eigenvalue weighted by Crippen LogP contribution is -2.01. The summed E-state index contributed by atoms with van der Waals surface area (Å²) in [6, 6.07) is 0. The van der Waals surface area contributed by atoms with Gasteiger partial charge in [-0.1, -0.05) is 13.5 Å². The van der Waals surface area contributed by atoms with E-state index in [4.69, 9.17) is 5.11 Å². The third-order valence-corrected chi connectivity index (χ3v) is 1.42. The normalized spacial score (nSPS) is 12.6. The molecule has 0 aliphatic carbocycles. The van der Waals surface area contributed by atoms with Crippen LogP contribution in [-0.2, 0) is 4.79 Å². The van der Waals surface area contributed by atoms with Crippen LogP contribution in [0.4, 0.5) is 0 Å². The number of carboxylic acid groups (broad SMARTS) is 1. The predicted octanol–water partition coefficient (Wildman–Crippen LogP) is 1.73. The molecule has 0 aliphatic rings. The Kier molecular flexibility index (Phi) is 4.19. The summed E-state index contributed by atoms with van der Waals surface area (Å²) in [5, 5.41) is 8.62. The van der Waals surface area contributed by atoms with Crippen LogP contribution in [0.25, 0.3) is 0 Å². The Morgan fingerprint density at radius 2 is 2.30 bits per heavy atom. The zero-order valence-corrected chi connectivity index (χ0v) is 6.90. The van der Waals surface area contributed by atoms with Crippen molar-refractivity contribution in [2.75, 3.05) is 0 Å². The van der Waals surface area contributed by atoms with Crippen LogP contribution in [0, 0.1) is 0 Å². The highest BCUT2D eigenvalue weighted by Crippen LogP contribution is 2.08. The van der Waals surface area contributed by atoms with Crippen molar-refractivity contribution in [3.05, 3.63) is 12.2 Å². The van der Waals surface area contributed by atoms with E-state index in [1.165, 1.54) is 0 Å². The van der Waals surface area contributed by atoms with Gasteiger partial charge in [0.2, 0.25) is 0 Å². The number of carbonyl (C=O) groups is 1. The molecule has 0 rings (SSSR count). The average Bonchev–Trinajstić information content (AvgIpc) is 1.82. The van der Waals surface area contributed by atoms with Crippen molar-refractivity contribution in [1.82, 2.24) is 0 Å². The average molecular weight is 160 g/mol. The van der Waals surface area contributed by atoms with E-state index in [1.807, 2.05) is 6.92 Å². The van der Waals surface area contributed by atoms with Crippen LogP contribution in [0.5, 0.6) is 0 Å². The van der Waals surface area contributed by atoms with Gasteiger partial charge in [-0.2, -0.15) is 12.6 Å². The molecule has 0 aromatic rings. The monoisotopic (exact) mass is 160 g/mol. The Bertz CT molecular complexity index is 141. The van der Waals surface area contributed by atoms with Gasteiger partial charge in [-0.15, -0.1) is 0 Å². The molecule has 0 aliphatic heterocycles. The van der Waals surface area contributed by atoms with Crippen LogP contribution in [0.15, 0.2) is 12.2 Å². The van der Waals surface area contributed by atoms with Crippen molar-refractivity contribution in [3.8, 4) is 0 Å². The van der Waals surface area contributed by atoms with Crippen molar-refractivity contribution in [1.29, 1.82) is 0 Å². The van der Waals surface area contributed by atoms with Crippen molar-refractivity contribution < 1.29 is 9.90 Å². The van der Waals surface area contributed by atoms with E-state index in [0.29, 0.717) is 6.42 Å². The van der Waals surface area contributed by atoms with Gasteiger partial charge in [-0.3, -0.25) is 0 Å². The van der Waals surface area contributed by atoms with Gasteiger partial charge in [0, 0.05) is 5.57 Å². The fourth-order valence-corrected chi connectivity index (χ4v) is 0.619. The molecular formula is C7H12O2S. The molecule has 0 aromatic heterocycles. The first-order valence-corrected chi connectivity index (χ1v) is 3.65.